The summed E-state index contributed by atoms with van der Waals surface area (Å²) >= 11 is 0. The maximum absolute atomic E-state index is 13.1. The van der Waals surface area contributed by atoms with Crippen molar-refractivity contribution in [2.24, 2.45) is 5.92 Å². The van der Waals surface area contributed by atoms with Crippen LogP contribution in [0.5, 0.6) is 5.88 Å². The zero-order valence-corrected chi connectivity index (χ0v) is 17.1. The molecule has 0 spiro atoms. The van der Waals surface area contributed by atoms with E-state index in [1.54, 1.807) is 12.4 Å². The van der Waals surface area contributed by atoms with Gasteiger partial charge in [-0.2, -0.15) is 0 Å². The average Bonchev–Trinajstić information content (AvgIpc) is 3.33. The Hall–Kier alpha value is -2.70. The van der Waals surface area contributed by atoms with Crippen LogP contribution in [0.3, 0.4) is 0 Å². The number of piperidine rings is 1. The van der Waals surface area contributed by atoms with E-state index in [0.717, 1.165) is 57.1 Å². The second-order valence-corrected chi connectivity index (χ2v) is 7.79. The molecule has 4 heterocycles. The minimum absolute atomic E-state index is 0.0546. The van der Waals surface area contributed by atoms with Crippen molar-refractivity contribution in [1.29, 1.82) is 0 Å². The fraction of sp³-hybridized carbons (Fsp3) is 0.545. The van der Waals surface area contributed by atoms with E-state index in [1.807, 2.05) is 30.0 Å². The number of carbonyl (C=O) groups is 1. The zero-order chi connectivity index (χ0) is 20.1. The molecule has 0 aliphatic carbocycles. The lowest BCUT2D eigenvalue weighted by molar-refractivity contribution is 0.0657. The summed E-state index contributed by atoms with van der Waals surface area (Å²) < 4.78 is 5.79. The molecule has 2 aliphatic rings. The van der Waals surface area contributed by atoms with Gasteiger partial charge in [0.05, 0.1) is 17.9 Å². The van der Waals surface area contributed by atoms with Crippen LogP contribution in [-0.2, 0) is 6.42 Å². The number of aryl methyl sites for hydroxylation is 1. The lowest BCUT2D eigenvalue weighted by Gasteiger charge is -2.32. The summed E-state index contributed by atoms with van der Waals surface area (Å²) in [5.74, 6) is 1.93. The Labute approximate surface area is 172 Å². The highest BCUT2D eigenvalue weighted by atomic mass is 16.5. The molecule has 2 aromatic heterocycles. The molecule has 0 atom stereocenters. The van der Waals surface area contributed by atoms with Crippen molar-refractivity contribution in [3.8, 4) is 5.88 Å². The zero-order valence-electron chi connectivity index (χ0n) is 17.1. The molecule has 29 heavy (non-hydrogen) atoms. The molecule has 0 bridgehead atoms. The summed E-state index contributed by atoms with van der Waals surface area (Å²) in [6.45, 7) is 6.19. The number of hydrogen-bond donors (Lipinski definition) is 0. The van der Waals surface area contributed by atoms with Crippen LogP contribution in [0.4, 0.5) is 5.95 Å². The molecule has 2 fully saturated rings. The van der Waals surface area contributed by atoms with Crippen LogP contribution in [-0.4, -0.2) is 58.5 Å². The lowest BCUT2D eigenvalue weighted by Crippen LogP contribution is -2.40. The number of hydrogen-bond acceptors (Lipinski definition) is 6. The topological polar surface area (TPSA) is 71.5 Å². The predicted octanol–water partition coefficient (Wildman–Crippen LogP) is 2.97. The van der Waals surface area contributed by atoms with Crippen molar-refractivity contribution in [2.75, 3.05) is 37.7 Å². The van der Waals surface area contributed by atoms with Gasteiger partial charge in [0.15, 0.2) is 0 Å². The number of aromatic nitrogens is 3. The molecule has 2 aliphatic heterocycles. The number of pyridine rings is 1. The summed E-state index contributed by atoms with van der Waals surface area (Å²) in [7, 11) is 0. The van der Waals surface area contributed by atoms with Gasteiger partial charge in [0.2, 0.25) is 11.8 Å². The highest BCUT2D eigenvalue weighted by Crippen LogP contribution is 2.22. The van der Waals surface area contributed by atoms with Crippen LogP contribution in [0, 0.1) is 5.92 Å². The Morgan fingerprint density at radius 1 is 1.14 bits per heavy atom. The molecule has 7 heteroatoms. The van der Waals surface area contributed by atoms with Gasteiger partial charge >= 0.3 is 0 Å². The van der Waals surface area contributed by atoms with E-state index >= 15 is 0 Å². The van der Waals surface area contributed by atoms with Crippen molar-refractivity contribution in [1.82, 2.24) is 19.9 Å². The van der Waals surface area contributed by atoms with Gasteiger partial charge in [-0.3, -0.25) is 4.79 Å². The van der Waals surface area contributed by atoms with Crippen LogP contribution in [0.2, 0.25) is 0 Å². The highest BCUT2D eigenvalue weighted by molar-refractivity contribution is 5.95. The van der Waals surface area contributed by atoms with Gasteiger partial charge in [0, 0.05) is 44.6 Å². The minimum atomic E-state index is 0.0546. The van der Waals surface area contributed by atoms with Gasteiger partial charge in [-0.15, -0.1) is 0 Å². The summed E-state index contributed by atoms with van der Waals surface area (Å²) in [4.78, 5) is 30.6. The third kappa shape index (κ3) is 4.66. The number of rotatable bonds is 6. The van der Waals surface area contributed by atoms with Gasteiger partial charge < -0.3 is 14.5 Å². The first-order valence-corrected chi connectivity index (χ1v) is 10.7. The molecule has 0 unspecified atom stereocenters. The summed E-state index contributed by atoms with van der Waals surface area (Å²) in [6.07, 6.45) is 8.45. The second kappa shape index (κ2) is 9.20. The number of carbonyl (C=O) groups excluding carboxylic acids is 1. The smallest absolute Gasteiger partial charge is 0.257 e. The molecule has 4 rings (SSSR count). The van der Waals surface area contributed by atoms with Crippen LogP contribution < -0.4 is 9.64 Å². The van der Waals surface area contributed by atoms with Gasteiger partial charge in [0.25, 0.3) is 5.91 Å². The maximum Gasteiger partial charge on any atom is 0.257 e. The van der Waals surface area contributed by atoms with Crippen LogP contribution >= 0.6 is 0 Å². The molecule has 0 N–H and O–H groups in total. The van der Waals surface area contributed by atoms with Crippen molar-refractivity contribution in [3.05, 3.63) is 41.9 Å². The monoisotopic (exact) mass is 395 g/mol. The number of nitrogens with zero attached hydrogens (tertiary/aromatic N) is 5. The van der Waals surface area contributed by atoms with Gasteiger partial charge in [-0.1, -0.05) is 13.0 Å². The van der Waals surface area contributed by atoms with E-state index in [4.69, 9.17) is 9.72 Å². The van der Waals surface area contributed by atoms with E-state index in [9.17, 15) is 4.79 Å². The van der Waals surface area contributed by atoms with Crippen LogP contribution in [0.25, 0.3) is 0 Å². The second-order valence-electron chi connectivity index (χ2n) is 7.79. The minimum Gasteiger partial charge on any atom is -0.477 e. The standard InChI is InChI=1S/C22H29N5O2/c1-2-19-18(15-24-22(25-19)27-11-5-6-12-27)21(28)26-13-8-17(9-14-26)16-29-20-7-3-4-10-23-20/h3-4,7,10,15,17H,2,5-6,8-9,11-14,16H2,1H3. The Balaban J connectivity index is 1.34. The first kappa shape index (κ1) is 19.6. The molecule has 1 amide bonds. The third-order valence-electron chi connectivity index (χ3n) is 5.82. The molecule has 2 aromatic rings. The van der Waals surface area contributed by atoms with Crippen molar-refractivity contribution in [2.45, 2.75) is 39.0 Å². The van der Waals surface area contributed by atoms with Gasteiger partial charge in [0.1, 0.15) is 0 Å². The number of ether oxygens (including phenoxy) is 1. The molecule has 0 radical (unpaired) electrons. The Morgan fingerprint density at radius 3 is 2.62 bits per heavy atom. The van der Waals surface area contributed by atoms with E-state index in [0.29, 0.717) is 24.0 Å². The molecular weight excluding hydrogens is 366 g/mol. The SMILES string of the molecule is CCc1nc(N2CCCC2)ncc1C(=O)N1CCC(COc2ccccn2)CC1. The van der Waals surface area contributed by atoms with E-state index in [-0.39, 0.29) is 5.91 Å². The predicted molar refractivity (Wildman–Crippen MR) is 111 cm³/mol. The summed E-state index contributed by atoms with van der Waals surface area (Å²) in [6, 6.07) is 5.67. The number of amides is 1. The molecule has 2 saturated heterocycles. The van der Waals surface area contributed by atoms with E-state index in [2.05, 4.69) is 14.9 Å². The van der Waals surface area contributed by atoms with Gasteiger partial charge in [-0.25, -0.2) is 15.0 Å². The number of likely N-dealkylation sites (tertiary alicyclic amines) is 1. The van der Waals surface area contributed by atoms with Crippen molar-refractivity contribution in [3.63, 3.8) is 0 Å². The fourth-order valence-electron chi connectivity index (χ4n) is 4.03. The summed E-state index contributed by atoms with van der Waals surface area (Å²) in [5.41, 5.74) is 1.51. The largest absolute Gasteiger partial charge is 0.477 e. The Kier molecular flexibility index (Phi) is 6.22. The molecular formula is C22H29N5O2. The van der Waals surface area contributed by atoms with E-state index in [1.165, 1.54) is 12.8 Å². The molecule has 0 aromatic carbocycles. The fourth-order valence-corrected chi connectivity index (χ4v) is 4.03. The third-order valence-corrected chi connectivity index (χ3v) is 5.82. The van der Waals surface area contributed by atoms with Crippen molar-refractivity contribution < 1.29 is 9.53 Å². The van der Waals surface area contributed by atoms with Crippen LogP contribution in [0.1, 0.15) is 48.7 Å². The number of anilines is 1. The Bertz CT molecular complexity index is 815. The molecule has 154 valence electrons. The molecule has 0 saturated carbocycles. The quantitative estimate of drug-likeness (QED) is 0.749. The van der Waals surface area contributed by atoms with Crippen molar-refractivity contribution >= 4 is 11.9 Å². The lowest BCUT2D eigenvalue weighted by atomic mass is 9.97. The Morgan fingerprint density at radius 2 is 1.93 bits per heavy atom. The first-order valence-electron chi connectivity index (χ1n) is 10.7. The average molecular weight is 396 g/mol. The first-order chi connectivity index (χ1) is 14.2. The summed E-state index contributed by atoms with van der Waals surface area (Å²) in [5, 5.41) is 0. The highest BCUT2D eigenvalue weighted by Gasteiger charge is 2.27. The van der Waals surface area contributed by atoms with Crippen LogP contribution in [0.15, 0.2) is 30.6 Å². The van der Waals surface area contributed by atoms with E-state index < -0.39 is 0 Å². The van der Waals surface area contributed by atoms with Gasteiger partial charge in [-0.05, 0) is 44.1 Å². The normalized spacial score (nSPS) is 17.6. The maximum atomic E-state index is 13.1. The molecule has 7 nitrogen and oxygen atoms in total.